The molecule has 0 aliphatic heterocycles. The van der Waals surface area contributed by atoms with Crippen molar-refractivity contribution in [2.24, 2.45) is 0 Å². The molecule has 0 fully saturated rings. The lowest BCUT2D eigenvalue weighted by Crippen LogP contribution is -2.05. The van der Waals surface area contributed by atoms with Gasteiger partial charge < -0.3 is 15.5 Å². The Morgan fingerprint density at radius 3 is 2.83 bits per heavy atom. The molecule has 118 valence electrons. The highest BCUT2D eigenvalue weighted by Crippen LogP contribution is 2.24. The van der Waals surface area contributed by atoms with Gasteiger partial charge in [-0.15, -0.1) is 0 Å². The summed E-state index contributed by atoms with van der Waals surface area (Å²) in [6.45, 7) is 4.01. The van der Waals surface area contributed by atoms with Crippen LogP contribution in [0, 0.1) is 13.8 Å². The number of nitrogens with one attached hydrogen (secondary N) is 1. The summed E-state index contributed by atoms with van der Waals surface area (Å²) in [5.74, 6) is -0.211. The van der Waals surface area contributed by atoms with Gasteiger partial charge in [0.05, 0.1) is 5.56 Å². The summed E-state index contributed by atoms with van der Waals surface area (Å²) in [7, 11) is 0. The minimum absolute atomic E-state index is 0.196. The second-order valence-corrected chi connectivity index (χ2v) is 5.35. The molecule has 3 N–H and O–H groups in total. The topological polar surface area (TPSA) is 99.8 Å². The molecule has 0 saturated carbocycles. The predicted octanol–water partition coefficient (Wildman–Crippen LogP) is 2.36. The third-order valence-electron chi connectivity index (χ3n) is 3.79. The number of carboxylic acids is 1. The number of carbonyl (C=O) groups is 1. The number of anilines is 1. The average molecular weight is 312 g/mol. The van der Waals surface area contributed by atoms with Gasteiger partial charge in [0.25, 0.3) is 0 Å². The number of hydrogen-bond acceptors (Lipinski definition) is 5. The molecule has 23 heavy (non-hydrogen) atoms. The lowest BCUT2D eigenvalue weighted by molar-refractivity contribution is 0.0696. The zero-order chi connectivity index (χ0) is 16.6. The molecule has 0 aliphatic carbocycles. The van der Waals surface area contributed by atoms with E-state index in [0.29, 0.717) is 23.4 Å². The number of aryl methyl sites for hydroxylation is 2. The molecule has 0 unspecified atom stereocenters. The molecule has 7 nitrogen and oxygen atoms in total. The van der Waals surface area contributed by atoms with Crippen molar-refractivity contribution in [2.75, 3.05) is 5.32 Å². The quantitative estimate of drug-likeness (QED) is 0.684. The largest absolute Gasteiger partial charge is 0.508 e. The summed E-state index contributed by atoms with van der Waals surface area (Å²) >= 11 is 0. The van der Waals surface area contributed by atoms with Gasteiger partial charge in [-0.2, -0.15) is 5.10 Å². The number of hydrogen-bond donors (Lipinski definition) is 3. The van der Waals surface area contributed by atoms with Gasteiger partial charge in [-0.3, -0.25) is 0 Å². The van der Waals surface area contributed by atoms with Crippen molar-refractivity contribution in [2.45, 2.75) is 20.4 Å². The molecule has 7 heteroatoms. The van der Waals surface area contributed by atoms with Crippen molar-refractivity contribution >= 4 is 17.3 Å². The molecule has 1 aromatic carbocycles. The van der Waals surface area contributed by atoms with Crippen molar-refractivity contribution < 1.29 is 15.0 Å². The molecule has 0 bridgehead atoms. The standard InChI is InChI=1S/C16H16N4O3/c1-9-3-4-11(5-13(9)21)6-17-15-14-10(2)12(16(22)23)7-20(14)19-8-18-15/h3-5,7-8,21H,6H2,1-2H3,(H,22,23)(H,17,18,19). The highest BCUT2D eigenvalue weighted by molar-refractivity contribution is 5.93. The van der Waals surface area contributed by atoms with Crippen LogP contribution in [0.5, 0.6) is 5.75 Å². The molecule has 3 aromatic rings. The number of benzene rings is 1. The van der Waals surface area contributed by atoms with E-state index in [1.807, 2.05) is 19.1 Å². The van der Waals surface area contributed by atoms with E-state index in [9.17, 15) is 15.0 Å². The molecule has 2 heterocycles. The van der Waals surface area contributed by atoms with Crippen molar-refractivity contribution in [3.05, 3.63) is 53.0 Å². The van der Waals surface area contributed by atoms with E-state index in [1.165, 1.54) is 17.0 Å². The van der Waals surface area contributed by atoms with Gasteiger partial charge in [0, 0.05) is 12.7 Å². The number of nitrogens with zero attached hydrogens (tertiary/aromatic N) is 3. The smallest absolute Gasteiger partial charge is 0.337 e. The molecule has 0 amide bonds. The number of aromatic hydroxyl groups is 1. The van der Waals surface area contributed by atoms with Gasteiger partial charge >= 0.3 is 5.97 Å². The Balaban J connectivity index is 1.93. The van der Waals surface area contributed by atoms with Crippen LogP contribution in [0.15, 0.2) is 30.7 Å². The van der Waals surface area contributed by atoms with Crippen molar-refractivity contribution in [1.82, 2.24) is 14.6 Å². The second kappa shape index (κ2) is 5.60. The van der Waals surface area contributed by atoms with Crippen molar-refractivity contribution in [3.63, 3.8) is 0 Å². The summed E-state index contributed by atoms with van der Waals surface area (Å²) in [6.07, 6.45) is 2.84. The van der Waals surface area contributed by atoms with Crippen LogP contribution in [0.2, 0.25) is 0 Å². The fourth-order valence-corrected chi connectivity index (χ4v) is 2.46. The summed E-state index contributed by atoms with van der Waals surface area (Å²) in [6, 6.07) is 5.44. The van der Waals surface area contributed by atoms with Gasteiger partial charge in [-0.25, -0.2) is 14.3 Å². The summed E-state index contributed by atoms with van der Waals surface area (Å²) in [4.78, 5) is 15.4. The van der Waals surface area contributed by atoms with E-state index >= 15 is 0 Å². The monoisotopic (exact) mass is 312 g/mol. The number of phenolic OH excluding ortho intramolecular Hbond substituents is 1. The summed E-state index contributed by atoms with van der Waals surface area (Å²) in [5, 5.41) is 26.2. The Morgan fingerprint density at radius 2 is 2.13 bits per heavy atom. The molecule has 0 spiro atoms. The fraction of sp³-hybridized carbons (Fsp3) is 0.188. The van der Waals surface area contributed by atoms with Gasteiger partial charge in [-0.05, 0) is 36.6 Å². The van der Waals surface area contributed by atoms with Crippen LogP contribution in [0.25, 0.3) is 5.52 Å². The third kappa shape index (κ3) is 2.68. The normalized spacial score (nSPS) is 10.9. The maximum absolute atomic E-state index is 11.2. The summed E-state index contributed by atoms with van der Waals surface area (Å²) < 4.78 is 1.50. The van der Waals surface area contributed by atoms with Gasteiger partial charge in [0.2, 0.25) is 0 Å². The molecule has 0 radical (unpaired) electrons. The number of aromatic nitrogens is 3. The van der Waals surface area contributed by atoms with Gasteiger partial charge in [-0.1, -0.05) is 12.1 Å². The maximum Gasteiger partial charge on any atom is 0.337 e. The highest BCUT2D eigenvalue weighted by Gasteiger charge is 2.16. The molecule has 0 saturated heterocycles. The predicted molar refractivity (Wildman–Crippen MR) is 84.9 cm³/mol. The van der Waals surface area contributed by atoms with E-state index in [1.54, 1.807) is 13.0 Å². The molecular formula is C16H16N4O3. The van der Waals surface area contributed by atoms with Crippen LogP contribution in [0.4, 0.5) is 5.82 Å². The van der Waals surface area contributed by atoms with E-state index in [0.717, 1.165) is 11.1 Å². The van der Waals surface area contributed by atoms with E-state index in [4.69, 9.17) is 0 Å². The number of aromatic carboxylic acids is 1. The molecule has 0 atom stereocenters. The Labute approximate surface area is 132 Å². The van der Waals surface area contributed by atoms with Crippen LogP contribution < -0.4 is 5.32 Å². The zero-order valence-electron chi connectivity index (χ0n) is 12.7. The highest BCUT2D eigenvalue weighted by atomic mass is 16.4. The fourth-order valence-electron chi connectivity index (χ4n) is 2.46. The van der Waals surface area contributed by atoms with Crippen LogP contribution in [-0.2, 0) is 6.54 Å². The lowest BCUT2D eigenvalue weighted by atomic mass is 10.1. The molecule has 0 aliphatic rings. The Morgan fingerprint density at radius 1 is 1.35 bits per heavy atom. The Hall–Kier alpha value is -3.09. The SMILES string of the molecule is Cc1ccc(CNc2ncnn3cc(C(=O)O)c(C)c23)cc1O. The van der Waals surface area contributed by atoms with E-state index in [-0.39, 0.29) is 11.3 Å². The number of rotatable bonds is 4. The van der Waals surface area contributed by atoms with Gasteiger partial charge in [0.15, 0.2) is 5.82 Å². The lowest BCUT2D eigenvalue weighted by Gasteiger charge is -2.09. The Bertz CT molecular complexity index is 902. The molecular weight excluding hydrogens is 296 g/mol. The first-order valence-corrected chi connectivity index (χ1v) is 7.06. The first-order valence-electron chi connectivity index (χ1n) is 7.06. The number of phenols is 1. The Kier molecular flexibility index (Phi) is 3.61. The number of carboxylic acid groups (broad SMARTS) is 1. The third-order valence-corrected chi connectivity index (χ3v) is 3.79. The van der Waals surface area contributed by atoms with Gasteiger partial charge in [0.1, 0.15) is 17.6 Å². The van der Waals surface area contributed by atoms with Crippen LogP contribution >= 0.6 is 0 Å². The minimum atomic E-state index is -0.998. The number of fused-ring (bicyclic) bond motifs is 1. The molecule has 2 aromatic heterocycles. The van der Waals surface area contributed by atoms with Crippen LogP contribution in [-0.4, -0.2) is 30.8 Å². The first kappa shape index (κ1) is 14.8. The van der Waals surface area contributed by atoms with E-state index < -0.39 is 5.97 Å². The molecule has 3 rings (SSSR count). The average Bonchev–Trinajstić information content (AvgIpc) is 2.86. The first-order chi connectivity index (χ1) is 11.0. The van der Waals surface area contributed by atoms with E-state index in [2.05, 4.69) is 15.4 Å². The van der Waals surface area contributed by atoms with Crippen molar-refractivity contribution in [1.29, 1.82) is 0 Å². The van der Waals surface area contributed by atoms with Crippen LogP contribution in [0.1, 0.15) is 27.0 Å². The van der Waals surface area contributed by atoms with Crippen LogP contribution in [0.3, 0.4) is 0 Å². The van der Waals surface area contributed by atoms with Crippen molar-refractivity contribution in [3.8, 4) is 5.75 Å². The summed E-state index contributed by atoms with van der Waals surface area (Å²) in [5.41, 5.74) is 3.13. The maximum atomic E-state index is 11.2. The zero-order valence-corrected chi connectivity index (χ0v) is 12.7. The second-order valence-electron chi connectivity index (χ2n) is 5.35. The minimum Gasteiger partial charge on any atom is -0.508 e.